The highest BCUT2D eigenvalue weighted by atomic mass is 15.3. The molecule has 1 atom stereocenters. The fourth-order valence-corrected chi connectivity index (χ4v) is 1.09. The molecule has 72 valence electrons. The smallest absolute Gasteiger partial charge is 0.250 e. The minimum atomic E-state index is -0.0209. The van der Waals surface area contributed by atoms with Gasteiger partial charge in [-0.2, -0.15) is 5.10 Å². The van der Waals surface area contributed by atoms with E-state index in [4.69, 9.17) is 5.73 Å². The predicted molar refractivity (Wildman–Crippen MR) is 51.8 cm³/mol. The first-order chi connectivity index (χ1) is 6.77. The Balaban J connectivity index is 2.34. The molecule has 0 aliphatic carbocycles. The SMILES string of the molecule is C[C@H](N)c1cnn(-c2ncccn2)c1. The third-order valence-corrected chi connectivity index (χ3v) is 1.89. The molecule has 2 rings (SSSR count). The van der Waals surface area contributed by atoms with Crippen molar-refractivity contribution in [3.63, 3.8) is 0 Å². The summed E-state index contributed by atoms with van der Waals surface area (Å²) in [5.74, 6) is 0.555. The predicted octanol–water partition coefficient (Wildman–Crippen LogP) is 0.682. The van der Waals surface area contributed by atoms with Crippen LogP contribution in [0.25, 0.3) is 5.95 Å². The first kappa shape index (κ1) is 8.83. The maximum absolute atomic E-state index is 5.71. The van der Waals surface area contributed by atoms with E-state index >= 15 is 0 Å². The van der Waals surface area contributed by atoms with Crippen molar-refractivity contribution >= 4 is 0 Å². The molecule has 0 aromatic carbocycles. The highest BCUT2D eigenvalue weighted by molar-refractivity contribution is 5.15. The molecule has 0 bridgehead atoms. The zero-order valence-corrected chi connectivity index (χ0v) is 7.83. The van der Waals surface area contributed by atoms with Crippen LogP contribution in [-0.2, 0) is 0 Å². The van der Waals surface area contributed by atoms with Gasteiger partial charge in [-0.3, -0.25) is 0 Å². The largest absolute Gasteiger partial charge is 0.324 e. The molecule has 14 heavy (non-hydrogen) atoms. The Morgan fingerprint density at radius 1 is 1.36 bits per heavy atom. The van der Waals surface area contributed by atoms with Gasteiger partial charge in [0.1, 0.15) is 0 Å². The minimum Gasteiger partial charge on any atom is -0.324 e. The quantitative estimate of drug-likeness (QED) is 0.754. The van der Waals surface area contributed by atoms with Crippen LogP contribution in [0.4, 0.5) is 0 Å². The Labute approximate surface area is 81.6 Å². The zero-order valence-electron chi connectivity index (χ0n) is 7.83. The molecule has 5 nitrogen and oxygen atoms in total. The fraction of sp³-hybridized carbons (Fsp3) is 0.222. The molecule has 0 amide bonds. The van der Waals surface area contributed by atoms with Crippen molar-refractivity contribution in [1.29, 1.82) is 0 Å². The summed E-state index contributed by atoms with van der Waals surface area (Å²) in [7, 11) is 0. The van der Waals surface area contributed by atoms with Crippen LogP contribution in [0.15, 0.2) is 30.9 Å². The van der Waals surface area contributed by atoms with Gasteiger partial charge in [0.15, 0.2) is 0 Å². The molecule has 0 spiro atoms. The van der Waals surface area contributed by atoms with Crippen LogP contribution in [0.3, 0.4) is 0 Å². The number of nitrogens with zero attached hydrogens (tertiary/aromatic N) is 4. The number of hydrogen-bond acceptors (Lipinski definition) is 4. The van der Waals surface area contributed by atoms with E-state index in [2.05, 4.69) is 15.1 Å². The van der Waals surface area contributed by atoms with Crippen LogP contribution in [0.2, 0.25) is 0 Å². The lowest BCUT2D eigenvalue weighted by molar-refractivity contribution is 0.797. The summed E-state index contributed by atoms with van der Waals surface area (Å²) in [5, 5.41) is 4.12. The van der Waals surface area contributed by atoms with Crippen LogP contribution in [0.1, 0.15) is 18.5 Å². The molecule has 0 saturated heterocycles. The van der Waals surface area contributed by atoms with E-state index in [1.54, 1.807) is 29.3 Å². The summed E-state index contributed by atoms with van der Waals surface area (Å²) in [6.07, 6.45) is 6.91. The lowest BCUT2D eigenvalue weighted by atomic mass is 10.2. The Morgan fingerprint density at radius 3 is 2.64 bits per heavy atom. The van der Waals surface area contributed by atoms with Gasteiger partial charge in [0.2, 0.25) is 5.95 Å². The van der Waals surface area contributed by atoms with Crippen molar-refractivity contribution in [1.82, 2.24) is 19.7 Å². The van der Waals surface area contributed by atoms with Crippen LogP contribution in [0, 0.1) is 0 Å². The number of nitrogens with two attached hydrogens (primary N) is 1. The number of aromatic nitrogens is 4. The molecular formula is C9H11N5. The molecule has 0 radical (unpaired) electrons. The van der Waals surface area contributed by atoms with Gasteiger partial charge in [-0.15, -0.1) is 0 Å². The van der Waals surface area contributed by atoms with Gasteiger partial charge in [0.05, 0.1) is 6.20 Å². The maximum atomic E-state index is 5.71. The lowest BCUT2D eigenvalue weighted by Gasteiger charge is -1.98. The van der Waals surface area contributed by atoms with Gasteiger partial charge < -0.3 is 5.73 Å². The Kier molecular flexibility index (Phi) is 2.24. The van der Waals surface area contributed by atoms with Crippen molar-refractivity contribution in [3.8, 4) is 5.95 Å². The summed E-state index contributed by atoms with van der Waals surface area (Å²) in [6, 6.07) is 1.74. The van der Waals surface area contributed by atoms with E-state index < -0.39 is 0 Å². The van der Waals surface area contributed by atoms with Gasteiger partial charge in [0.25, 0.3) is 0 Å². The van der Waals surface area contributed by atoms with Gasteiger partial charge in [0, 0.05) is 30.2 Å². The summed E-state index contributed by atoms with van der Waals surface area (Å²) in [4.78, 5) is 8.14. The van der Waals surface area contributed by atoms with E-state index in [9.17, 15) is 0 Å². The summed E-state index contributed by atoms with van der Waals surface area (Å²) < 4.78 is 1.61. The van der Waals surface area contributed by atoms with Gasteiger partial charge in [-0.25, -0.2) is 14.6 Å². The molecule has 0 fully saturated rings. The average Bonchev–Trinajstić information content (AvgIpc) is 2.68. The summed E-state index contributed by atoms with van der Waals surface area (Å²) in [5.41, 5.74) is 6.68. The standard InChI is InChI=1S/C9H11N5/c1-7(10)8-5-13-14(6-8)9-11-3-2-4-12-9/h2-7H,10H2,1H3/t7-/m0/s1. The third-order valence-electron chi connectivity index (χ3n) is 1.89. The van der Waals surface area contributed by atoms with E-state index in [1.807, 2.05) is 13.1 Å². The number of hydrogen-bond donors (Lipinski definition) is 1. The molecule has 2 aromatic heterocycles. The second kappa shape index (κ2) is 3.55. The first-order valence-corrected chi connectivity index (χ1v) is 4.35. The van der Waals surface area contributed by atoms with Gasteiger partial charge in [-0.1, -0.05) is 0 Å². The van der Waals surface area contributed by atoms with E-state index in [0.717, 1.165) is 5.56 Å². The molecule has 2 N–H and O–H groups in total. The highest BCUT2D eigenvalue weighted by Gasteiger charge is 2.05. The van der Waals surface area contributed by atoms with Crippen molar-refractivity contribution in [3.05, 3.63) is 36.4 Å². The molecule has 0 aliphatic heterocycles. The van der Waals surface area contributed by atoms with Crippen LogP contribution < -0.4 is 5.73 Å². The normalized spacial score (nSPS) is 12.7. The molecule has 2 heterocycles. The van der Waals surface area contributed by atoms with Gasteiger partial charge >= 0.3 is 0 Å². The second-order valence-electron chi connectivity index (χ2n) is 3.06. The monoisotopic (exact) mass is 189 g/mol. The minimum absolute atomic E-state index is 0.0209. The van der Waals surface area contributed by atoms with Crippen molar-refractivity contribution < 1.29 is 0 Å². The molecular weight excluding hydrogens is 178 g/mol. The summed E-state index contributed by atoms with van der Waals surface area (Å²) >= 11 is 0. The zero-order chi connectivity index (χ0) is 9.97. The molecule has 5 heteroatoms. The molecule has 0 unspecified atom stereocenters. The van der Waals surface area contributed by atoms with Crippen LogP contribution in [-0.4, -0.2) is 19.7 Å². The van der Waals surface area contributed by atoms with Crippen molar-refractivity contribution in [2.75, 3.05) is 0 Å². The maximum Gasteiger partial charge on any atom is 0.250 e. The summed E-state index contributed by atoms with van der Waals surface area (Å²) in [6.45, 7) is 1.91. The Hall–Kier alpha value is -1.75. The fourth-order valence-electron chi connectivity index (χ4n) is 1.09. The molecule has 0 saturated carbocycles. The van der Waals surface area contributed by atoms with Crippen molar-refractivity contribution in [2.24, 2.45) is 5.73 Å². The Bertz CT molecular complexity index is 406. The van der Waals surface area contributed by atoms with Crippen molar-refractivity contribution in [2.45, 2.75) is 13.0 Å². The third kappa shape index (κ3) is 1.62. The first-order valence-electron chi connectivity index (χ1n) is 4.35. The topological polar surface area (TPSA) is 69.6 Å². The highest BCUT2D eigenvalue weighted by Crippen LogP contribution is 2.08. The van der Waals surface area contributed by atoms with Crippen LogP contribution >= 0.6 is 0 Å². The van der Waals surface area contributed by atoms with E-state index in [1.165, 1.54) is 0 Å². The van der Waals surface area contributed by atoms with Gasteiger partial charge in [-0.05, 0) is 13.0 Å². The van der Waals surface area contributed by atoms with E-state index in [0.29, 0.717) is 5.95 Å². The Morgan fingerprint density at radius 2 is 2.07 bits per heavy atom. The van der Waals surface area contributed by atoms with E-state index in [-0.39, 0.29) is 6.04 Å². The average molecular weight is 189 g/mol. The number of rotatable bonds is 2. The lowest BCUT2D eigenvalue weighted by Crippen LogP contribution is -2.04. The van der Waals surface area contributed by atoms with Crippen LogP contribution in [0.5, 0.6) is 0 Å². The molecule has 0 aliphatic rings. The second-order valence-corrected chi connectivity index (χ2v) is 3.06. The molecule has 2 aromatic rings.